The third-order valence-electron chi connectivity index (χ3n) is 2.36. The Morgan fingerprint density at radius 3 is 2.68 bits per heavy atom. The molecule has 0 aromatic carbocycles. The number of pyridine rings is 1. The lowest BCUT2D eigenvalue weighted by Crippen LogP contribution is -2.36. The van der Waals surface area contributed by atoms with Crippen LogP contribution in [0.5, 0.6) is 0 Å². The maximum Gasteiger partial charge on any atom is 0.250 e. The summed E-state index contributed by atoms with van der Waals surface area (Å²) >= 11 is 0. The summed E-state index contributed by atoms with van der Waals surface area (Å²) in [6.07, 6.45) is 2.40. The molecule has 0 unspecified atom stereocenters. The second kappa shape index (κ2) is 7.32. The van der Waals surface area contributed by atoms with Crippen molar-refractivity contribution in [3.8, 4) is 0 Å². The molecule has 0 aliphatic carbocycles. The lowest BCUT2D eigenvalue weighted by molar-refractivity contribution is -0.123. The highest BCUT2D eigenvalue weighted by molar-refractivity contribution is 5.94. The van der Waals surface area contributed by atoms with E-state index in [4.69, 9.17) is 5.73 Å². The first kappa shape index (κ1) is 14.9. The number of amides is 2. The van der Waals surface area contributed by atoms with Crippen molar-refractivity contribution in [2.45, 2.75) is 19.9 Å². The monoisotopic (exact) mass is 266 g/mol. The van der Waals surface area contributed by atoms with E-state index >= 15 is 0 Å². The summed E-state index contributed by atoms with van der Waals surface area (Å²) < 4.78 is 1.52. The summed E-state index contributed by atoms with van der Waals surface area (Å²) in [6.45, 7) is 2.24. The first-order chi connectivity index (χ1) is 9.06. The van der Waals surface area contributed by atoms with Crippen molar-refractivity contribution in [3.63, 3.8) is 0 Å². The van der Waals surface area contributed by atoms with Crippen LogP contribution in [0.4, 0.5) is 5.69 Å². The molecule has 0 spiro atoms. The predicted molar refractivity (Wildman–Crippen MR) is 71.7 cm³/mol. The Morgan fingerprint density at radius 1 is 1.32 bits per heavy atom. The molecular formula is C12H18N4O3. The average Bonchev–Trinajstić information content (AvgIpc) is 2.40. The summed E-state index contributed by atoms with van der Waals surface area (Å²) in [5.41, 5.74) is 5.50. The number of anilines is 1. The third-order valence-corrected chi connectivity index (χ3v) is 2.36. The van der Waals surface area contributed by atoms with Crippen molar-refractivity contribution in [2.24, 2.45) is 5.73 Å². The van der Waals surface area contributed by atoms with Gasteiger partial charge in [-0.2, -0.15) is 0 Å². The van der Waals surface area contributed by atoms with Crippen molar-refractivity contribution in [1.82, 2.24) is 9.88 Å². The van der Waals surface area contributed by atoms with E-state index in [0.29, 0.717) is 12.2 Å². The number of hydrogen-bond acceptors (Lipinski definition) is 4. The smallest absolute Gasteiger partial charge is 0.250 e. The topological polar surface area (TPSA) is 106 Å². The van der Waals surface area contributed by atoms with Crippen LogP contribution >= 0.6 is 0 Å². The van der Waals surface area contributed by atoms with Crippen LogP contribution in [0, 0.1) is 0 Å². The van der Waals surface area contributed by atoms with Gasteiger partial charge in [0, 0.05) is 18.8 Å². The predicted octanol–water partition coefficient (Wildman–Crippen LogP) is -0.728. The molecule has 1 aromatic heterocycles. The van der Waals surface area contributed by atoms with Gasteiger partial charge in [0.05, 0.1) is 18.8 Å². The molecule has 2 amide bonds. The summed E-state index contributed by atoms with van der Waals surface area (Å²) in [4.78, 5) is 33.9. The Morgan fingerprint density at radius 2 is 2.05 bits per heavy atom. The van der Waals surface area contributed by atoms with Crippen molar-refractivity contribution < 1.29 is 9.59 Å². The van der Waals surface area contributed by atoms with Gasteiger partial charge >= 0.3 is 0 Å². The van der Waals surface area contributed by atoms with Gasteiger partial charge in [0.25, 0.3) is 5.56 Å². The van der Waals surface area contributed by atoms with E-state index in [0.717, 1.165) is 6.42 Å². The molecule has 1 rings (SSSR count). The van der Waals surface area contributed by atoms with E-state index in [2.05, 4.69) is 10.6 Å². The lowest BCUT2D eigenvalue weighted by atomic mass is 10.3. The summed E-state index contributed by atoms with van der Waals surface area (Å²) in [7, 11) is 0. The molecule has 0 aliphatic rings. The van der Waals surface area contributed by atoms with E-state index in [9.17, 15) is 14.4 Å². The molecule has 0 bridgehead atoms. The number of aryl methyl sites for hydroxylation is 1. The number of nitrogens with one attached hydrogen (secondary N) is 2. The first-order valence-corrected chi connectivity index (χ1v) is 6.04. The van der Waals surface area contributed by atoms with Crippen LogP contribution in [0.2, 0.25) is 0 Å². The Kier molecular flexibility index (Phi) is 5.74. The molecule has 0 atom stereocenters. The van der Waals surface area contributed by atoms with E-state index < -0.39 is 5.91 Å². The standard InChI is InChI=1S/C12H18N4O3/c1-2-5-16-8-9(3-4-12(16)19)15-11(18)7-14-10(17)6-13/h3-4,8H,2,5-7,13H2,1H3,(H,14,17)(H,15,18). The van der Waals surface area contributed by atoms with Crippen molar-refractivity contribution in [2.75, 3.05) is 18.4 Å². The molecule has 0 saturated carbocycles. The number of rotatable bonds is 6. The van der Waals surface area contributed by atoms with Gasteiger partial charge < -0.3 is 20.9 Å². The fourth-order valence-corrected chi connectivity index (χ4v) is 1.48. The second-order valence-electron chi connectivity index (χ2n) is 3.98. The van der Waals surface area contributed by atoms with E-state index in [-0.39, 0.29) is 24.6 Å². The summed E-state index contributed by atoms with van der Waals surface area (Å²) in [6, 6.07) is 2.92. The minimum atomic E-state index is -0.397. The Labute approximate surface area is 110 Å². The van der Waals surface area contributed by atoms with Crippen LogP contribution in [0.15, 0.2) is 23.1 Å². The van der Waals surface area contributed by atoms with Crippen LogP contribution in [0.25, 0.3) is 0 Å². The summed E-state index contributed by atoms with van der Waals surface area (Å²) in [5, 5.41) is 4.95. The maximum absolute atomic E-state index is 11.5. The highest BCUT2D eigenvalue weighted by atomic mass is 16.2. The number of hydrogen-bond donors (Lipinski definition) is 3. The number of carbonyl (C=O) groups is 2. The van der Waals surface area contributed by atoms with Gasteiger partial charge in [-0.15, -0.1) is 0 Å². The number of nitrogens with two attached hydrogens (primary N) is 1. The van der Waals surface area contributed by atoms with Gasteiger partial charge in [-0.1, -0.05) is 6.92 Å². The Hall–Kier alpha value is -2.15. The van der Waals surface area contributed by atoms with Crippen molar-refractivity contribution in [1.29, 1.82) is 0 Å². The summed E-state index contributed by atoms with van der Waals surface area (Å²) in [5.74, 6) is -0.769. The maximum atomic E-state index is 11.5. The van der Waals surface area contributed by atoms with Gasteiger partial charge in [-0.25, -0.2) is 0 Å². The van der Waals surface area contributed by atoms with Gasteiger partial charge in [0.1, 0.15) is 0 Å². The lowest BCUT2D eigenvalue weighted by Gasteiger charge is -2.09. The molecule has 0 aliphatic heterocycles. The van der Waals surface area contributed by atoms with Crippen molar-refractivity contribution >= 4 is 17.5 Å². The number of nitrogens with zero attached hydrogens (tertiary/aromatic N) is 1. The molecule has 0 radical (unpaired) electrons. The molecular weight excluding hydrogens is 248 g/mol. The molecule has 1 heterocycles. The molecule has 19 heavy (non-hydrogen) atoms. The molecule has 4 N–H and O–H groups in total. The molecule has 0 saturated heterocycles. The van der Waals surface area contributed by atoms with Crippen LogP contribution in [0.1, 0.15) is 13.3 Å². The molecule has 104 valence electrons. The zero-order chi connectivity index (χ0) is 14.3. The van der Waals surface area contributed by atoms with Crippen LogP contribution in [0.3, 0.4) is 0 Å². The third kappa shape index (κ3) is 4.92. The zero-order valence-electron chi connectivity index (χ0n) is 10.8. The molecule has 7 heteroatoms. The van der Waals surface area contributed by atoms with E-state index in [1.54, 1.807) is 6.20 Å². The van der Waals surface area contributed by atoms with E-state index in [1.807, 2.05) is 6.92 Å². The van der Waals surface area contributed by atoms with Crippen molar-refractivity contribution in [3.05, 3.63) is 28.7 Å². The highest BCUT2D eigenvalue weighted by Gasteiger charge is 2.05. The second-order valence-corrected chi connectivity index (χ2v) is 3.98. The van der Waals surface area contributed by atoms with Gasteiger partial charge in [-0.05, 0) is 12.5 Å². The fourth-order valence-electron chi connectivity index (χ4n) is 1.48. The SMILES string of the molecule is CCCn1cc(NC(=O)CNC(=O)CN)ccc1=O. The average molecular weight is 266 g/mol. The van der Waals surface area contributed by atoms with Crippen LogP contribution in [-0.2, 0) is 16.1 Å². The Balaban J connectivity index is 2.61. The normalized spacial score (nSPS) is 10.0. The highest BCUT2D eigenvalue weighted by Crippen LogP contribution is 2.03. The van der Waals surface area contributed by atoms with Crippen LogP contribution in [-0.4, -0.2) is 29.5 Å². The van der Waals surface area contributed by atoms with Gasteiger partial charge in [0.2, 0.25) is 11.8 Å². The quantitative estimate of drug-likeness (QED) is 0.631. The van der Waals surface area contributed by atoms with Gasteiger partial charge in [0.15, 0.2) is 0 Å². The van der Waals surface area contributed by atoms with Crippen LogP contribution < -0.4 is 21.9 Å². The zero-order valence-corrected chi connectivity index (χ0v) is 10.8. The number of carbonyl (C=O) groups excluding carboxylic acids is 2. The first-order valence-electron chi connectivity index (χ1n) is 6.04. The minimum Gasteiger partial charge on any atom is -0.346 e. The molecule has 7 nitrogen and oxygen atoms in total. The minimum absolute atomic E-state index is 0.115. The Bertz CT molecular complexity index is 510. The molecule has 1 aromatic rings. The molecule has 0 fully saturated rings. The fraction of sp³-hybridized carbons (Fsp3) is 0.417. The van der Waals surface area contributed by atoms with E-state index in [1.165, 1.54) is 16.7 Å². The number of aromatic nitrogens is 1. The largest absolute Gasteiger partial charge is 0.346 e. The van der Waals surface area contributed by atoms with Gasteiger partial charge in [-0.3, -0.25) is 14.4 Å².